The normalized spacial score (nSPS) is 17.8. The van der Waals surface area contributed by atoms with Crippen LogP contribution in [0, 0.1) is 11.3 Å². The molecule has 0 bridgehead atoms. The average Bonchev–Trinajstić information content (AvgIpc) is 3.18. The molecule has 0 fully saturated rings. The molecule has 8 nitrogen and oxygen atoms in total. The van der Waals surface area contributed by atoms with E-state index in [1.54, 1.807) is 34.8 Å². The van der Waals surface area contributed by atoms with Crippen LogP contribution >= 0.6 is 0 Å². The molecule has 0 radical (unpaired) electrons. The van der Waals surface area contributed by atoms with Crippen molar-refractivity contribution in [2.24, 2.45) is 0 Å². The number of nitrogens with zero attached hydrogens (tertiary/aromatic N) is 5. The molecular formula is C24H21N5O3. The summed E-state index contributed by atoms with van der Waals surface area (Å²) in [6.07, 6.45) is 2.53. The molecule has 2 aromatic carbocycles. The highest BCUT2D eigenvalue weighted by atomic mass is 16.5. The van der Waals surface area contributed by atoms with Crippen molar-refractivity contribution in [2.75, 3.05) is 25.1 Å². The summed E-state index contributed by atoms with van der Waals surface area (Å²) in [5, 5.41) is 13.7. The highest BCUT2D eigenvalue weighted by Crippen LogP contribution is 2.33. The Morgan fingerprint density at radius 2 is 2.00 bits per heavy atom. The van der Waals surface area contributed by atoms with E-state index in [2.05, 4.69) is 11.2 Å². The van der Waals surface area contributed by atoms with Crippen molar-refractivity contribution in [3.05, 3.63) is 77.1 Å². The maximum absolute atomic E-state index is 13.3. The van der Waals surface area contributed by atoms with Crippen molar-refractivity contribution in [1.82, 2.24) is 14.7 Å². The molecular weight excluding hydrogens is 406 g/mol. The number of ether oxygens (including phenoxy) is 1. The molecule has 2 amide bonds. The smallest absolute Gasteiger partial charge is 0.275 e. The van der Waals surface area contributed by atoms with Crippen molar-refractivity contribution in [2.45, 2.75) is 19.0 Å². The van der Waals surface area contributed by atoms with Gasteiger partial charge in [-0.15, -0.1) is 0 Å². The second-order valence-corrected chi connectivity index (χ2v) is 7.95. The van der Waals surface area contributed by atoms with Crippen LogP contribution in [0.5, 0.6) is 5.75 Å². The lowest BCUT2D eigenvalue weighted by Gasteiger charge is -2.33. The van der Waals surface area contributed by atoms with E-state index < -0.39 is 6.04 Å². The van der Waals surface area contributed by atoms with E-state index in [0.29, 0.717) is 42.2 Å². The Morgan fingerprint density at radius 3 is 2.78 bits per heavy atom. The van der Waals surface area contributed by atoms with Gasteiger partial charge in [-0.25, -0.2) is 0 Å². The lowest BCUT2D eigenvalue weighted by Crippen LogP contribution is -2.54. The van der Waals surface area contributed by atoms with Crippen molar-refractivity contribution < 1.29 is 14.3 Å². The number of anilines is 1. The van der Waals surface area contributed by atoms with Gasteiger partial charge in [0.1, 0.15) is 18.4 Å². The highest BCUT2D eigenvalue weighted by Gasteiger charge is 2.39. The van der Waals surface area contributed by atoms with Crippen LogP contribution in [0.3, 0.4) is 0 Å². The summed E-state index contributed by atoms with van der Waals surface area (Å²) in [5.74, 6) is -0.0363. The third-order valence-corrected chi connectivity index (χ3v) is 5.95. The van der Waals surface area contributed by atoms with Crippen LogP contribution in [-0.2, 0) is 17.8 Å². The summed E-state index contributed by atoms with van der Waals surface area (Å²) in [7, 11) is 1.66. The standard InChI is InChI=1S/C24H21N5O3/c1-27-19-8-7-17(12-25)11-21(19)32-15-20(23(27)30)29-10-9-18-14-28(26-22(18)24(29)31)13-16-5-3-2-4-6-16/h2-8,11,14,20H,9-10,13,15H2,1H3/t20-/m0/s1. The zero-order valence-electron chi connectivity index (χ0n) is 17.6. The minimum atomic E-state index is -0.766. The third kappa shape index (κ3) is 3.38. The second kappa shape index (κ2) is 7.85. The Hall–Kier alpha value is -4.12. The molecule has 0 aliphatic carbocycles. The summed E-state index contributed by atoms with van der Waals surface area (Å²) in [4.78, 5) is 29.6. The van der Waals surface area contributed by atoms with Gasteiger partial charge in [0.15, 0.2) is 5.69 Å². The molecule has 160 valence electrons. The number of hydrogen-bond donors (Lipinski definition) is 0. The van der Waals surface area contributed by atoms with E-state index in [1.165, 1.54) is 4.90 Å². The predicted molar refractivity (Wildman–Crippen MR) is 116 cm³/mol. The number of carbonyl (C=O) groups is 2. The number of nitriles is 1. The largest absolute Gasteiger partial charge is 0.489 e. The first-order valence-corrected chi connectivity index (χ1v) is 10.4. The number of amides is 2. The first-order valence-electron chi connectivity index (χ1n) is 10.4. The quantitative estimate of drug-likeness (QED) is 0.639. The van der Waals surface area contributed by atoms with Gasteiger partial charge < -0.3 is 14.5 Å². The Balaban J connectivity index is 1.39. The molecule has 1 atom stereocenters. The summed E-state index contributed by atoms with van der Waals surface area (Å²) < 4.78 is 7.66. The van der Waals surface area contributed by atoms with Gasteiger partial charge in [0.25, 0.3) is 11.8 Å². The molecule has 0 spiro atoms. The molecule has 0 unspecified atom stereocenters. The van der Waals surface area contributed by atoms with Gasteiger partial charge >= 0.3 is 0 Å². The van der Waals surface area contributed by atoms with Gasteiger partial charge in [0, 0.05) is 31.4 Å². The van der Waals surface area contributed by atoms with Gasteiger partial charge in [-0.2, -0.15) is 10.4 Å². The molecule has 0 saturated heterocycles. The topological polar surface area (TPSA) is 91.5 Å². The van der Waals surface area contributed by atoms with Crippen molar-refractivity contribution in [1.29, 1.82) is 5.26 Å². The molecule has 3 heterocycles. The molecule has 2 aliphatic heterocycles. The van der Waals surface area contributed by atoms with Crippen LogP contribution in [0.2, 0.25) is 0 Å². The van der Waals surface area contributed by atoms with Crippen molar-refractivity contribution >= 4 is 17.5 Å². The second-order valence-electron chi connectivity index (χ2n) is 7.95. The van der Waals surface area contributed by atoms with Crippen LogP contribution in [0.1, 0.15) is 27.2 Å². The summed E-state index contributed by atoms with van der Waals surface area (Å²) in [5.41, 5.74) is 3.40. The molecule has 0 N–H and O–H groups in total. The fourth-order valence-corrected chi connectivity index (χ4v) is 4.23. The van der Waals surface area contributed by atoms with E-state index in [9.17, 15) is 9.59 Å². The summed E-state index contributed by atoms with van der Waals surface area (Å²) in [6.45, 7) is 1.01. The number of aromatic nitrogens is 2. The first kappa shape index (κ1) is 19.8. The average molecular weight is 427 g/mol. The van der Waals surface area contributed by atoms with E-state index in [1.807, 2.05) is 36.5 Å². The van der Waals surface area contributed by atoms with Crippen LogP contribution < -0.4 is 9.64 Å². The van der Waals surface area contributed by atoms with E-state index >= 15 is 0 Å². The number of carbonyl (C=O) groups excluding carboxylic acids is 2. The third-order valence-electron chi connectivity index (χ3n) is 5.95. The van der Waals surface area contributed by atoms with Crippen LogP contribution in [0.15, 0.2) is 54.7 Å². The Kier molecular flexibility index (Phi) is 4.86. The predicted octanol–water partition coefficient (Wildman–Crippen LogP) is 2.23. The minimum Gasteiger partial charge on any atom is -0.489 e. The summed E-state index contributed by atoms with van der Waals surface area (Å²) >= 11 is 0. The number of hydrogen-bond acceptors (Lipinski definition) is 5. The van der Waals surface area contributed by atoms with Gasteiger partial charge in [-0.05, 0) is 24.1 Å². The van der Waals surface area contributed by atoms with E-state index in [4.69, 9.17) is 10.00 Å². The maximum Gasteiger partial charge on any atom is 0.275 e. The molecule has 8 heteroatoms. The number of rotatable bonds is 3. The summed E-state index contributed by atoms with van der Waals surface area (Å²) in [6, 6.07) is 16.2. The lowest BCUT2D eigenvalue weighted by molar-refractivity contribution is -0.123. The van der Waals surface area contributed by atoms with Gasteiger partial charge in [-0.3, -0.25) is 14.3 Å². The molecule has 2 aliphatic rings. The van der Waals surface area contributed by atoms with Gasteiger partial charge in [0.2, 0.25) is 0 Å². The molecule has 5 rings (SSSR count). The zero-order chi connectivity index (χ0) is 22.2. The fraction of sp³-hybridized carbons (Fsp3) is 0.250. The van der Waals surface area contributed by atoms with E-state index in [-0.39, 0.29) is 18.4 Å². The minimum absolute atomic E-state index is 0.0247. The lowest BCUT2D eigenvalue weighted by atomic mass is 10.0. The first-order chi connectivity index (χ1) is 15.5. The monoisotopic (exact) mass is 427 g/mol. The number of benzene rings is 2. The van der Waals surface area contributed by atoms with E-state index in [0.717, 1.165) is 11.1 Å². The Labute approximate surface area is 185 Å². The van der Waals surface area contributed by atoms with Crippen LogP contribution in [0.4, 0.5) is 5.69 Å². The van der Waals surface area contributed by atoms with Crippen molar-refractivity contribution in [3.63, 3.8) is 0 Å². The zero-order valence-corrected chi connectivity index (χ0v) is 17.6. The van der Waals surface area contributed by atoms with Crippen LogP contribution in [-0.4, -0.2) is 52.7 Å². The molecule has 0 saturated carbocycles. The van der Waals surface area contributed by atoms with Gasteiger partial charge in [0.05, 0.1) is 23.9 Å². The number of likely N-dealkylation sites (N-methyl/N-ethyl adjacent to an activating group) is 1. The number of fused-ring (bicyclic) bond motifs is 2. The molecule has 3 aromatic rings. The fourth-order valence-electron chi connectivity index (χ4n) is 4.23. The Bertz CT molecular complexity index is 1240. The Morgan fingerprint density at radius 1 is 1.19 bits per heavy atom. The van der Waals surface area contributed by atoms with Gasteiger partial charge in [-0.1, -0.05) is 30.3 Å². The van der Waals surface area contributed by atoms with Crippen LogP contribution in [0.25, 0.3) is 0 Å². The highest BCUT2D eigenvalue weighted by molar-refractivity contribution is 6.03. The SMILES string of the molecule is CN1C(=O)[C@@H](N2CCc3cn(Cc4ccccc4)nc3C2=O)COc2cc(C#N)ccc21. The van der Waals surface area contributed by atoms with Crippen molar-refractivity contribution in [3.8, 4) is 11.8 Å². The maximum atomic E-state index is 13.3. The molecule has 1 aromatic heterocycles. The molecule has 32 heavy (non-hydrogen) atoms.